The average Bonchev–Trinajstić information content (AvgIpc) is 2.43. The molecule has 0 aromatic carbocycles. The number of carbonyl (C=O) groups is 1. The van der Waals surface area contributed by atoms with Gasteiger partial charge in [0.25, 0.3) is 0 Å². The fourth-order valence-corrected chi connectivity index (χ4v) is 1.52. The lowest BCUT2D eigenvalue weighted by Crippen LogP contribution is -2.53. The van der Waals surface area contributed by atoms with E-state index in [1.807, 2.05) is 48.6 Å². The molecule has 0 spiro atoms. The number of nitrogens with zero attached hydrogens (tertiary/aromatic N) is 2. The molecule has 1 aromatic heterocycles. The van der Waals surface area contributed by atoms with Crippen LogP contribution in [0.3, 0.4) is 0 Å². The van der Waals surface area contributed by atoms with Crippen molar-refractivity contribution in [1.82, 2.24) is 9.78 Å². The number of nitrogens with two attached hydrogens (primary N) is 1. The Morgan fingerprint density at radius 2 is 1.78 bits per heavy atom. The molecule has 5 heteroatoms. The van der Waals surface area contributed by atoms with E-state index >= 15 is 0 Å². The Kier molecular flexibility index (Phi) is 3.58. The van der Waals surface area contributed by atoms with Gasteiger partial charge < -0.3 is 11.1 Å². The van der Waals surface area contributed by atoms with Gasteiger partial charge in [-0.15, -0.1) is 0 Å². The second kappa shape index (κ2) is 4.39. The molecule has 0 bridgehead atoms. The lowest BCUT2D eigenvalue weighted by molar-refractivity contribution is -0.126. The Morgan fingerprint density at radius 3 is 2.11 bits per heavy atom. The molecule has 0 saturated heterocycles. The van der Waals surface area contributed by atoms with Crippen molar-refractivity contribution in [3.05, 3.63) is 11.4 Å². The summed E-state index contributed by atoms with van der Waals surface area (Å²) in [4.78, 5) is 12.4. The maximum atomic E-state index is 12.4. The number of nitrogens with one attached hydrogen (secondary N) is 1. The van der Waals surface area contributed by atoms with Crippen molar-refractivity contribution in [2.75, 3.05) is 5.32 Å². The maximum Gasteiger partial charge on any atom is 0.231 e. The number of carbonyl (C=O) groups excluding carboxylic acids is 1. The zero-order valence-corrected chi connectivity index (χ0v) is 12.4. The van der Waals surface area contributed by atoms with Gasteiger partial charge in [-0.3, -0.25) is 9.48 Å². The largest absolute Gasteiger partial charge is 0.325 e. The Morgan fingerprint density at radius 1 is 1.28 bits per heavy atom. The third kappa shape index (κ3) is 2.41. The first-order valence-corrected chi connectivity index (χ1v) is 6.09. The molecule has 0 radical (unpaired) electrons. The van der Waals surface area contributed by atoms with E-state index in [2.05, 4.69) is 10.4 Å². The third-order valence-electron chi connectivity index (χ3n) is 3.93. The Balaban J connectivity index is 3.02. The molecule has 0 aliphatic rings. The van der Waals surface area contributed by atoms with Gasteiger partial charge in [-0.1, -0.05) is 0 Å². The van der Waals surface area contributed by atoms with Crippen LogP contribution in [0.1, 0.15) is 39.1 Å². The molecule has 0 saturated carbocycles. The minimum atomic E-state index is -0.665. The topological polar surface area (TPSA) is 72.9 Å². The summed E-state index contributed by atoms with van der Waals surface area (Å²) in [5, 5.41) is 7.22. The highest BCUT2D eigenvalue weighted by atomic mass is 16.2. The lowest BCUT2D eigenvalue weighted by atomic mass is 9.74. The molecule has 0 unspecified atom stereocenters. The zero-order valence-electron chi connectivity index (χ0n) is 12.4. The summed E-state index contributed by atoms with van der Waals surface area (Å²) in [7, 11) is 1.86. The molecular weight excluding hydrogens is 228 g/mol. The standard InChI is InChI=1S/C13H24N4O/c1-8-10(9(2)17(7)16-8)15-11(18)12(3,4)13(5,6)14/h14H2,1-7H3,(H,15,18). The van der Waals surface area contributed by atoms with E-state index in [0.717, 1.165) is 17.1 Å². The van der Waals surface area contributed by atoms with E-state index in [4.69, 9.17) is 5.73 Å². The summed E-state index contributed by atoms with van der Waals surface area (Å²) in [5.74, 6) is -0.0887. The van der Waals surface area contributed by atoms with E-state index in [0.29, 0.717) is 0 Å². The first-order chi connectivity index (χ1) is 7.98. The lowest BCUT2D eigenvalue weighted by Gasteiger charge is -2.36. The van der Waals surface area contributed by atoms with Crippen molar-refractivity contribution in [1.29, 1.82) is 0 Å². The molecule has 3 N–H and O–H groups in total. The predicted octanol–water partition coefficient (Wildman–Crippen LogP) is 1.74. The molecule has 1 amide bonds. The van der Waals surface area contributed by atoms with Crippen molar-refractivity contribution in [2.24, 2.45) is 18.2 Å². The second-order valence-corrected chi connectivity index (χ2v) is 5.97. The van der Waals surface area contributed by atoms with Gasteiger partial charge >= 0.3 is 0 Å². The molecule has 5 nitrogen and oxygen atoms in total. The van der Waals surface area contributed by atoms with Gasteiger partial charge in [0.1, 0.15) is 0 Å². The predicted molar refractivity (Wildman–Crippen MR) is 73.4 cm³/mol. The SMILES string of the molecule is Cc1nn(C)c(C)c1NC(=O)C(C)(C)C(C)(C)N. The van der Waals surface area contributed by atoms with Gasteiger partial charge in [0.05, 0.1) is 22.5 Å². The van der Waals surface area contributed by atoms with Gasteiger partial charge in [0.15, 0.2) is 0 Å². The number of rotatable bonds is 3. The van der Waals surface area contributed by atoms with Crippen molar-refractivity contribution < 1.29 is 4.79 Å². The number of amides is 1. The van der Waals surface area contributed by atoms with Crippen LogP contribution >= 0.6 is 0 Å². The zero-order chi connectivity index (χ0) is 14.3. The van der Waals surface area contributed by atoms with Gasteiger partial charge in [0, 0.05) is 12.6 Å². The first-order valence-electron chi connectivity index (χ1n) is 6.09. The number of hydrogen-bond donors (Lipinski definition) is 2. The van der Waals surface area contributed by atoms with Crippen LogP contribution in [0.5, 0.6) is 0 Å². The van der Waals surface area contributed by atoms with Crippen molar-refractivity contribution in [3.8, 4) is 0 Å². The van der Waals surface area contributed by atoms with Crippen LogP contribution < -0.4 is 11.1 Å². The monoisotopic (exact) mass is 252 g/mol. The van der Waals surface area contributed by atoms with E-state index in [9.17, 15) is 4.79 Å². The van der Waals surface area contributed by atoms with Crippen molar-refractivity contribution in [3.63, 3.8) is 0 Å². The first kappa shape index (κ1) is 14.7. The number of aromatic nitrogens is 2. The van der Waals surface area contributed by atoms with Crippen LogP contribution in [0, 0.1) is 19.3 Å². The summed E-state index contributed by atoms with van der Waals surface area (Å²) in [6.45, 7) is 11.2. The average molecular weight is 252 g/mol. The Labute approximate surface area is 109 Å². The fraction of sp³-hybridized carbons (Fsp3) is 0.692. The molecule has 0 atom stereocenters. The van der Waals surface area contributed by atoms with Crippen LogP contribution in [0.25, 0.3) is 0 Å². The normalized spacial score (nSPS) is 12.7. The molecule has 18 heavy (non-hydrogen) atoms. The molecular formula is C13H24N4O. The summed E-state index contributed by atoms with van der Waals surface area (Å²) in [6, 6.07) is 0. The molecule has 102 valence electrons. The highest BCUT2D eigenvalue weighted by Crippen LogP contribution is 2.31. The summed E-state index contributed by atoms with van der Waals surface area (Å²) >= 11 is 0. The maximum absolute atomic E-state index is 12.4. The van der Waals surface area contributed by atoms with Crippen molar-refractivity contribution in [2.45, 2.75) is 47.1 Å². The van der Waals surface area contributed by atoms with Gasteiger partial charge in [-0.2, -0.15) is 5.10 Å². The number of hydrogen-bond acceptors (Lipinski definition) is 3. The summed E-state index contributed by atoms with van der Waals surface area (Å²) < 4.78 is 1.76. The summed E-state index contributed by atoms with van der Waals surface area (Å²) in [6.07, 6.45) is 0. The van der Waals surface area contributed by atoms with E-state index in [1.165, 1.54) is 0 Å². The minimum Gasteiger partial charge on any atom is -0.325 e. The van der Waals surface area contributed by atoms with Crippen molar-refractivity contribution >= 4 is 11.6 Å². The molecule has 1 rings (SSSR count). The van der Waals surface area contributed by atoms with Crippen LogP contribution in [0.4, 0.5) is 5.69 Å². The molecule has 0 fully saturated rings. The number of aryl methyl sites for hydroxylation is 2. The van der Waals surface area contributed by atoms with Crippen LogP contribution in [0.15, 0.2) is 0 Å². The van der Waals surface area contributed by atoms with Gasteiger partial charge in [0.2, 0.25) is 5.91 Å². The molecule has 0 aliphatic carbocycles. The molecule has 1 heterocycles. The van der Waals surface area contributed by atoms with E-state index in [-0.39, 0.29) is 5.91 Å². The highest BCUT2D eigenvalue weighted by Gasteiger charge is 2.40. The smallest absolute Gasteiger partial charge is 0.231 e. The van der Waals surface area contributed by atoms with Crippen LogP contribution in [0.2, 0.25) is 0 Å². The Hall–Kier alpha value is -1.36. The Bertz CT molecular complexity index is 466. The molecule has 1 aromatic rings. The van der Waals surface area contributed by atoms with Crippen LogP contribution in [-0.4, -0.2) is 21.2 Å². The molecule has 0 aliphatic heterocycles. The number of anilines is 1. The summed E-state index contributed by atoms with van der Waals surface area (Å²) in [5.41, 5.74) is 7.33. The second-order valence-electron chi connectivity index (χ2n) is 5.97. The quantitative estimate of drug-likeness (QED) is 0.860. The van der Waals surface area contributed by atoms with Gasteiger partial charge in [-0.05, 0) is 41.5 Å². The fourth-order valence-electron chi connectivity index (χ4n) is 1.52. The van der Waals surface area contributed by atoms with E-state index in [1.54, 1.807) is 4.68 Å². The minimum absolute atomic E-state index is 0.0887. The van der Waals surface area contributed by atoms with E-state index < -0.39 is 11.0 Å². The highest BCUT2D eigenvalue weighted by molar-refractivity contribution is 5.96. The van der Waals surface area contributed by atoms with Gasteiger partial charge in [-0.25, -0.2) is 0 Å². The van der Waals surface area contributed by atoms with Crippen LogP contribution in [-0.2, 0) is 11.8 Å². The third-order valence-corrected chi connectivity index (χ3v) is 3.93.